The molecule has 0 spiro atoms. The standard InChI is InChI=1S/C22H25N3O3/c1-25-19-7-4-3-6-18(19)24-21(25)8-5-11-23-22(26)16-12-15-9-10-17(27-2)13-20(15)28-14-16/h3-4,6-7,9-10,13,16H,5,8,11-12,14H2,1-2H3,(H,23,26)/t16-/m1/s1. The topological polar surface area (TPSA) is 65.4 Å². The number of para-hydroxylation sites is 2. The van der Waals surface area contributed by atoms with E-state index in [1.807, 2.05) is 43.4 Å². The van der Waals surface area contributed by atoms with Crippen LogP contribution >= 0.6 is 0 Å². The van der Waals surface area contributed by atoms with E-state index in [2.05, 4.69) is 20.9 Å². The third kappa shape index (κ3) is 3.67. The summed E-state index contributed by atoms with van der Waals surface area (Å²) in [6.07, 6.45) is 2.37. The zero-order valence-electron chi connectivity index (χ0n) is 16.3. The molecule has 0 aliphatic carbocycles. The van der Waals surface area contributed by atoms with Gasteiger partial charge in [-0.2, -0.15) is 0 Å². The molecule has 6 nitrogen and oxygen atoms in total. The monoisotopic (exact) mass is 379 g/mol. The van der Waals surface area contributed by atoms with Crippen molar-refractivity contribution in [3.63, 3.8) is 0 Å². The van der Waals surface area contributed by atoms with Crippen LogP contribution in [0.1, 0.15) is 17.8 Å². The average molecular weight is 379 g/mol. The molecule has 28 heavy (non-hydrogen) atoms. The molecule has 0 saturated heterocycles. The highest BCUT2D eigenvalue weighted by atomic mass is 16.5. The van der Waals surface area contributed by atoms with Crippen LogP contribution < -0.4 is 14.8 Å². The highest BCUT2D eigenvalue weighted by molar-refractivity contribution is 5.79. The number of rotatable bonds is 6. The number of hydrogen-bond acceptors (Lipinski definition) is 4. The summed E-state index contributed by atoms with van der Waals surface area (Å²) in [4.78, 5) is 17.2. The molecule has 1 amide bonds. The Morgan fingerprint density at radius 2 is 2.18 bits per heavy atom. The molecule has 1 aliphatic rings. The second-order valence-corrected chi connectivity index (χ2v) is 7.16. The summed E-state index contributed by atoms with van der Waals surface area (Å²) in [5.74, 6) is 2.51. The number of carbonyl (C=O) groups excluding carboxylic acids is 1. The minimum Gasteiger partial charge on any atom is -0.497 e. The Morgan fingerprint density at radius 3 is 3.00 bits per heavy atom. The van der Waals surface area contributed by atoms with Gasteiger partial charge in [0.05, 0.1) is 24.1 Å². The lowest BCUT2D eigenvalue weighted by Gasteiger charge is -2.25. The first kappa shape index (κ1) is 18.3. The van der Waals surface area contributed by atoms with Crippen LogP contribution in [0.4, 0.5) is 0 Å². The van der Waals surface area contributed by atoms with Gasteiger partial charge in [-0.1, -0.05) is 18.2 Å². The number of carbonyl (C=O) groups is 1. The zero-order chi connectivity index (χ0) is 19.5. The van der Waals surface area contributed by atoms with Gasteiger partial charge >= 0.3 is 0 Å². The van der Waals surface area contributed by atoms with Gasteiger partial charge in [0, 0.05) is 26.1 Å². The molecular weight excluding hydrogens is 354 g/mol. The molecule has 0 bridgehead atoms. The van der Waals surface area contributed by atoms with Gasteiger partial charge in [-0.05, 0) is 36.6 Å². The first-order valence-electron chi connectivity index (χ1n) is 9.63. The Bertz CT molecular complexity index is 996. The lowest BCUT2D eigenvalue weighted by molar-refractivity contribution is -0.126. The molecule has 0 radical (unpaired) electrons. The third-order valence-electron chi connectivity index (χ3n) is 5.31. The molecular formula is C22H25N3O3. The molecule has 0 saturated carbocycles. The summed E-state index contributed by atoms with van der Waals surface area (Å²) in [5, 5.41) is 3.05. The van der Waals surface area contributed by atoms with E-state index >= 15 is 0 Å². The van der Waals surface area contributed by atoms with Crippen molar-refractivity contribution in [2.24, 2.45) is 13.0 Å². The normalized spacial score (nSPS) is 15.7. The van der Waals surface area contributed by atoms with Gasteiger partial charge < -0.3 is 19.4 Å². The number of benzene rings is 2. The lowest BCUT2D eigenvalue weighted by Crippen LogP contribution is -2.37. The lowest BCUT2D eigenvalue weighted by atomic mass is 9.96. The number of amides is 1. The quantitative estimate of drug-likeness (QED) is 0.669. The van der Waals surface area contributed by atoms with Gasteiger partial charge in [0.2, 0.25) is 5.91 Å². The molecule has 1 aromatic heterocycles. The van der Waals surface area contributed by atoms with Crippen LogP contribution in [0.5, 0.6) is 11.5 Å². The van der Waals surface area contributed by atoms with Gasteiger partial charge in [-0.25, -0.2) is 4.98 Å². The van der Waals surface area contributed by atoms with E-state index in [1.165, 1.54) is 0 Å². The predicted octanol–water partition coefficient (Wildman–Crippen LogP) is 2.88. The second kappa shape index (κ2) is 7.92. The first-order valence-corrected chi connectivity index (χ1v) is 9.63. The van der Waals surface area contributed by atoms with Crippen molar-refractivity contribution >= 4 is 16.9 Å². The molecule has 4 rings (SSSR count). The fraction of sp³-hybridized carbons (Fsp3) is 0.364. The summed E-state index contributed by atoms with van der Waals surface area (Å²) < 4.78 is 13.1. The van der Waals surface area contributed by atoms with Gasteiger partial charge in [0.15, 0.2) is 0 Å². The van der Waals surface area contributed by atoms with E-state index in [9.17, 15) is 4.79 Å². The molecule has 146 valence electrons. The maximum Gasteiger partial charge on any atom is 0.226 e. The molecule has 1 atom stereocenters. The Morgan fingerprint density at radius 1 is 1.32 bits per heavy atom. The van der Waals surface area contributed by atoms with Crippen molar-refractivity contribution in [1.82, 2.24) is 14.9 Å². The number of aryl methyl sites for hydroxylation is 2. The summed E-state index contributed by atoms with van der Waals surface area (Å²) in [6, 6.07) is 13.9. The van der Waals surface area contributed by atoms with Crippen molar-refractivity contribution in [3.8, 4) is 11.5 Å². The van der Waals surface area contributed by atoms with E-state index in [1.54, 1.807) is 7.11 Å². The molecule has 1 N–H and O–H groups in total. The number of fused-ring (bicyclic) bond motifs is 2. The average Bonchev–Trinajstić information content (AvgIpc) is 3.06. The van der Waals surface area contributed by atoms with Crippen LogP contribution in [0.25, 0.3) is 11.0 Å². The van der Waals surface area contributed by atoms with Crippen LogP contribution in [0.2, 0.25) is 0 Å². The van der Waals surface area contributed by atoms with Crippen molar-refractivity contribution in [3.05, 3.63) is 53.9 Å². The molecule has 1 aliphatic heterocycles. The number of hydrogen-bond donors (Lipinski definition) is 1. The van der Waals surface area contributed by atoms with E-state index < -0.39 is 0 Å². The molecule has 0 fully saturated rings. The molecule has 2 heterocycles. The first-order chi connectivity index (χ1) is 13.7. The number of imidazole rings is 1. The smallest absolute Gasteiger partial charge is 0.226 e. The molecule has 6 heteroatoms. The zero-order valence-corrected chi connectivity index (χ0v) is 16.3. The summed E-state index contributed by atoms with van der Waals surface area (Å²) in [5.41, 5.74) is 3.20. The van der Waals surface area contributed by atoms with Crippen molar-refractivity contribution in [1.29, 1.82) is 0 Å². The largest absolute Gasteiger partial charge is 0.497 e. The number of methoxy groups -OCH3 is 1. The van der Waals surface area contributed by atoms with E-state index in [4.69, 9.17) is 9.47 Å². The number of ether oxygens (including phenoxy) is 2. The van der Waals surface area contributed by atoms with Crippen LogP contribution in [0, 0.1) is 5.92 Å². The van der Waals surface area contributed by atoms with E-state index in [-0.39, 0.29) is 11.8 Å². The minimum atomic E-state index is -0.156. The number of nitrogens with one attached hydrogen (secondary N) is 1. The summed E-state index contributed by atoms with van der Waals surface area (Å²) >= 11 is 0. The highest BCUT2D eigenvalue weighted by Gasteiger charge is 2.26. The maximum atomic E-state index is 12.5. The molecule has 0 unspecified atom stereocenters. The van der Waals surface area contributed by atoms with Gasteiger partial charge in [0.25, 0.3) is 0 Å². The SMILES string of the molecule is COc1ccc2c(c1)OC[C@H](C(=O)NCCCc1nc3ccccc3n1C)C2. The van der Waals surface area contributed by atoms with Crippen LogP contribution in [-0.4, -0.2) is 35.7 Å². The number of nitrogens with zero attached hydrogens (tertiary/aromatic N) is 2. The Hall–Kier alpha value is -3.02. The van der Waals surface area contributed by atoms with Crippen molar-refractivity contribution in [2.75, 3.05) is 20.3 Å². The van der Waals surface area contributed by atoms with E-state index in [0.717, 1.165) is 46.8 Å². The Kier molecular flexibility index (Phi) is 5.19. The summed E-state index contributed by atoms with van der Waals surface area (Å²) in [6.45, 7) is 1.03. The Labute approximate surface area is 164 Å². The minimum absolute atomic E-state index is 0.0477. The highest BCUT2D eigenvalue weighted by Crippen LogP contribution is 2.31. The predicted molar refractivity (Wildman–Crippen MR) is 108 cm³/mol. The fourth-order valence-corrected chi connectivity index (χ4v) is 3.67. The van der Waals surface area contributed by atoms with Crippen LogP contribution in [0.3, 0.4) is 0 Å². The number of aromatic nitrogens is 2. The Balaban J connectivity index is 1.28. The second-order valence-electron chi connectivity index (χ2n) is 7.16. The van der Waals surface area contributed by atoms with Gasteiger partial charge in [-0.3, -0.25) is 4.79 Å². The van der Waals surface area contributed by atoms with Crippen LogP contribution in [0.15, 0.2) is 42.5 Å². The summed E-state index contributed by atoms with van der Waals surface area (Å²) in [7, 11) is 3.67. The van der Waals surface area contributed by atoms with Crippen molar-refractivity contribution < 1.29 is 14.3 Å². The fourth-order valence-electron chi connectivity index (χ4n) is 3.67. The van der Waals surface area contributed by atoms with Gasteiger partial charge in [-0.15, -0.1) is 0 Å². The van der Waals surface area contributed by atoms with Crippen LogP contribution in [-0.2, 0) is 24.7 Å². The van der Waals surface area contributed by atoms with Gasteiger partial charge in [0.1, 0.15) is 23.9 Å². The molecule has 3 aromatic rings. The van der Waals surface area contributed by atoms with E-state index in [0.29, 0.717) is 19.6 Å². The van der Waals surface area contributed by atoms with Crippen molar-refractivity contribution in [2.45, 2.75) is 19.3 Å². The molecule has 2 aromatic carbocycles. The maximum absolute atomic E-state index is 12.5. The third-order valence-corrected chi connectivity index (χ3v) is 5.31.